The summed E-state index contributed by atoms with van der Waals surface area (Å²) in [5, 5.41) is 10.2. The highest BCUT2D eigenvalue weighted by Crippen LogP contribution is 2.46. The van der Waals surface area contributed by atoms with Crippen molar-refractivity contribution in [3.63, 3.8) is 0 Å². The summed E-state index contributed by atoms with van der Waals surface area (Å²) in [4.78, 5) is 26.7. The van der Waals surface area contributed by atoms with Crippen molar-refractivity contribution in [2.45, 2.75) is 86.4 Å². The lowest BCUT2D eigenvalue weighted by atomic mass is 9.83. The molecule has 1 aliphatic heterocycles. The van der Waals surface area contributed by atoms with E-state index in [0.717, 1.165) is 36.1 Å². The van der Waals surface area contributed by atoms with Gasteiger partial charge in [-0.15, -0.1) is 0 Å². The molecule has 36 heavy (non-hydrogen) atoms. The number of nitrogens with zero attached hydrogens (tertiary/aromatic N) is 1. The molecule has 0 bridgehead atoms. The quantitative estimate of drug-likeness (QED) is 0.494. The van der Waals surface area contributed by atoms with Crippen LogP contribution >= 0.6 is 0 Å². The van der Waals surface area contributed by atoms with Gasteiger partial charge in [-0.1, -0.05) is 29.8 Å². The molecule has 1 N–H and O–H groups in total. The summed E-state index contributed by atoms with van der Waals surface area (Å²) in [6.07, 6.45) is -6.00. The maximum absolute atomic E-state index is 13.6. The molecule has 0 aromatic heterocycles. The number of fused-ring (bicyclic) bond motifs is 1. The minimum atomic E-state index is -4.70. The summed E-state index contributed by atoms with van der Waals surface area (Å²) in [5.74, 6) is -2.17. The molecule has 0 fully saturated rings. The number of ether oxygens (including phenoxy) is 1. The monoisotopic (exact) mass is 505 g/mol. The Morgan fingerprint density at radius 3 is 1.86 bits per heavy atom. The highest BCUT2D eigenvalue weighted by atomic mass is 19.4. The van der Waals surface area contributed by atoms with Gasteiger partial charge >= 0.3 is 12.1 Å². The second-order valence-corrected chi connectivity index (χ2v) is 11.1. The number of alkyl halides is 3. The summed E-state index contributed by atoms with van der Waals surface area (Å²) in [6, 6.07) is 7.63. The number of rotatable bonds is 5. The Hall–Kier alpha value is -2.87. The van der Waals surface area contributed by atoms with Crippen LogP contribution in [0.2, 0.25) is 0 Å². The molecule has 2 aromatic rings. The number of carboxylic acid groups (broad SMARTS) is 1. The van der Waals surface area contributed by atoms with Gasteiger partial charge in [0, 0.05) is 18.7 Å². The molecule has 1 aliphatic rings. The smallest absolute Gasteiger partial charge is 0.402 e. The van der Waals surface area contributed by atoms with E-state index in [1.165, 1.54) is 4.90 Å². The number of halogens is 3. The van der Waals surface area contributed by atoms with Gasteiger partial charge in [-0.2, -0.15) is 13.2 Å². The van der Waals surface area contributed by atoms with Crippen LogP contribution in [0.4, 0.5) is 13.2 Å². The number of carbonyl (C=O) groups excluding carboxylic acids is 1. The summed E-state index contributed by atoms with van der Waals surface area (Å²) in [5.41, 5.74) is 2.40. The van der Waals surface area contributed by atoms with Crippen molar-refractivity contribution in [2.75, 3.05) is 0 Å². The highest BCUT2D eigenvalue weighted by Gasteiger charge is 2.55. The van der Waals surface area contributed by atoms with E-state index in [9.17, 15) is 27.9 Å². The lowest BCUT2D eigenvalue weighted by molar-refractivity contribution is -0.217. The predicted molar refractivity (Wildman–Crippen MR) is 131 cm³/mol. The summed E-state index contributed by atoms with van der Waals surface area (Å²) < 4.78 is 46.9. The van der Waals surface area contributed by atoms with Crippen molar-refractivity contribution in [1.29, 1.82) is 0 Å². The van der Waals surface area contributed by atoms with Gasteiger partial charge in [0.15, 0.2) is 6.10 Å². The minimum absolute atomic E-state index is 0.0244. The van der Waals surface area contributed by atoms with Gasteiger partial charge < -0.3 is 14.7 Å². The van der Waals surface area contributed by atoms with Gasteiger partial charge in [-0.25, -0.2) is 4.79 Å². The molecule has 0 saturated carbocycles. The normalized spacial score (nSPS) is 15.1. The first-order chi connectivity index (χ1) is 16.4. The molecule has 5 nitrogen and oxygen atoms in total. The van der Waals surface area contributed by atoms with Gasteiger partial charge in [0.1, 0.15) is 5.41 Å². The van der Waals surface area contributed by atoms with E-state index in [2.05, 4.69) is 0 Å². The number of hydrogen-bond acceptors (Lipinski definition) is 3. The van der Waals surface area contributed by atoms with E-state index >= 15 is 0 Å². The van der Waals surface area contributed by atoms with Crippen molar-refractivity contribution in [3.8, 4) is 11.1 Å². The standard InChI is InChI=1S/C28H34F3NO4/c1-15-9-11-18(12-10-15)21-16(2)19-13-32(25(35)27(7,8)28(29,30)31)14-20(19)17(3)22(21)23(24(33)34)36-26(4,5)6/h9-12,23H,13-14H2,1-8H3,(H,33,34). The fourth-order valence-electron chi connectivity index (χ4n) is 4.69. The highest BCUT2D eigenvalue weighted by molar-refractivity contribution is 5.86. The largest absolute Gasteiger partial charge is 0.479 e. The number of benzene rings is 2. The third kappa shape index (κ3) is 5.01. The Labute approximate surface area is 210 Å². The molecule has 1 atom stereocenters. The number of hydrogen-bond donors (Lipinski definition) is 1. The molecule has 1 heterocycles. The summed E-state index contributed by atoms with van der Waals surface area (Å²) in [6.45, 7) is 12.6. The van der Waals surface area contributed by atoms with Crippen LogP contribution in [0.5, 0.6) is 0 Å². The lowest BCUT2D eigenvalue weighted by Gasteiger charge is -2.31. The molecular formula is C28H34F3NO4. The van der Waals surface area contributed by atoms with E-state index < -0.39 is 35.2 Å². The molecule has 1 unspecified atom stereocenters. The number of aryl methyl sites for hydroxylation is 1. The van der Waals surface area contributed by atoms with Crippen LogP contribution in [0.1, 0.15) is 74.1 Å². The second-order valence-electron chi connectivity index (χ2n) is 11.1. The van der Waals surface area contributed by atoms with Crippen molar-refractivity contribution in [2.24, 2.45) is 5.41 Å². The Kier molecular flexibility index (Phi) is 7.09. The fourth-order valence-corrected chi connectivity index (χ4v) is 4.69. The van der Waals surface area contributed by atoms with Crippen LogP contribution in [0, 0.1) is 26.2 Å². The molecule has 0 radical (unpaired) electrons. The predicted octanol–water partition coefficient (Wildman–Crippen LogP) is 6.65. The molecular weight excluding hydrogens is 471 g/mol. The van der Waals surface area contributed by atoms with Crippen LogP contribution in [-0.4, -0.2) is 33.7 Å². The van der Waals surface area contributed by atoms with Crippen molar-refractivity contribution < 1.29 is 32.6 Å². The third-order valence-corrected chi connectivity index (χ3v) is 6.84. The number of carboxylic acids is 1. The number of amides is 1. The van der Waals surface area contributed by atoms with Crippen LogP contribution in [0.15, 0.2) is 24.3 Å². The topological polar surface area (TPSA) is 66.8 Å². The van der Waals surface area contributed by atoms with E-state index in [4.69, 9.17) is 4.74 Å². The average molecular weight is 506 g/mol. The SMILES string of the molecule is Cc1ccc(-c2c(C)c3c(c(C)c2C(OC(C)(C)C)C(=O)O)CN(C(=O)C(C)(C)C(F)(F)F)C3)cc1. The molecule has 0 aliphatic carbocycles. The maximum atomic E-state index is 13.6. The molecule has 2 aromatic carbocycles. The van der Waals surface area contributed by atoms with Gasteiger partial charge in [0.25, 0.3) is 0 Å². The molecule has 3 rings (SSSR count). The van der Waals surface area contributed by atoms with Crippen LogP contribution in [-0.2, 0) is 27.4 Å². The van der Waals surface area contributed by atoms with E-state index in [1.807, 2.05) is 38.1 Å². The first-order valence-corrected chi connectivity index (χ1v) is 11.9. The first kappa shape index (κ1) is 27.7. The van der Waals surface area contributed by atoms with E-state index in [0.29, 0.717) is 22.3 Å². The van der Waals surface area contributed by atoms with Crippen molar-refractivity contribution >= 4 is 11.9 Å². The Morgan fingerprint density at radius 1 is 0.917 bits per heavy atom. The molecule has 0 saturated heterocycles. The molecule has 196 valence electrons. The lowest BCUT2D eigenvalue weighted by Crippen LogP contribution is -2.47. The zero-order valence-electron chi connectivity index (χ0n) is 22.1. The van der Waals surface area contributed by atoms with Gasteiger partial charge in [-0.05, 0) is 88.8 Å². The fraction of sp³-hybridized carbons (Fsp3) is 0.500. The van der Waals surface area contributed by atoms with Crippen LogP contribution < -0.4 is 0 Å². The van der Waals surface area contributed by atoms with E-state index in [-0.39, 0.29) is 13.1 Å². The van der Waals surface area contributed by atoms with E-state index in [1.54, 1.807) is 27.7 Å². The second kappa shape index (κ2) is 9.21. The number of aliphatic carboxylic acids is 1. The minimum Gasteiger partial charge on any atom is -0.479 e. The third-order valence-electron chi connectivity index (χ3n) is 6.84. The average Bonchev–Trinajstić information content (AvgIpc) is 3.19. The van der Waals surface area contributed by atoms with Crippen LogP contribution in [0.3, 0.4) is 0 Å². The zero-order chi connectivity index (χ0) is 27.4. The van der Waals surface area contributed by atoms with Gasteiger partial charge in [0.05, 0.1) is 5.60 Å². The van der Waals surface area contributed by atoms with Gasteiger partial charge in [0.2, 0.25) is 5.91 Å². The first-order valence-electron chi connectivity index (χ1n) is 11.9. The number of carbonyl (C=O) groups is 2. The summed E-state index contributed by atoms with van der Waals surface area (Å²) >= 11 is 0. The van der Waals surface area contributed by atoms with Gasteiger partial charge in [-0.3, -0.25) is 4.79 Å². The molecule has 0 spiro atoms. The van der Waals surface area contributed by atoms with Crippen molar-refractivity contribution in [3.05, 3.63) is 57.6 Å². The Balaban J connectivity index is 2.26. The molecule has 1 amide bonds. The van der Waals surface area contributed by atoms with Crippen LogP contribution in [0.25, 0.3) is 11.1 Å². The molecule has 8 heteroatoms. The summed E-state index contributed by atoms with van der Waals surface area (Å²) in [7, 11) is 0. The maximum Gasteiger partial charge on any atom is 0.402 e. The zero-order valence-corrected chi connectivity index (χ0v) is 22.1. The Morgan fingerprint density at radius 2 is 1.42 bits per heavy atom. The van der Waals surface area contributed by atoms with Crippen molar-refractivity contribution in [1.82, 2.24) is 4.90 Å². The Bertz CT molecular complexity index is 1190.